The Bertz CT molecular complexity index is 856. The van der Waals surface area contributed by atoms with Crippen LogP contribution in [-0.2, 0) is 11.8 Å². The molecule has 1 aromatic heterocycles. The molecule has 156 valence electrons. The number of rotatable bonds is 4. The molecule has 4 rings (SSSR count). The molecule has 6 nitrogen and oxygen atoms in total. The molecule has 29 heavy (non-hydrogen) atoms. The number of nitrogens with one attached hydrogen (secondary N) is 1. The fourth-order valence-corrected chi connectivity index (χ4v) is 4.47. The highest BCUT2D eigenvalue weighted by Crippen LogP contribution is 2.31. The summed E-state index contributed by atoms with van der Waals surface area (Å²) in [7, 11) is 1.90. The lowest BCUT2D eigenvalue weighted by Gasteiger charge is -2.34. The first kappa shape index (κ1) is 21.5. The van der Waals surface area contributed by atoms with Gasteiger partial charge in [-0.1, -0.05) is 29.8 Å². The van der Waals surface area contributed by atoms with E-state index in [9.17, 15) is 9.59 Å². The van der Waals surface area contributed by atoms with E-state index in [0.29, 0.717) is 19.6 Å². The summed E-state index contributed by atoms with van der Waals surface area (Å²) in [6.07, 6.45) is 5.36. The number of aromatic nitrogens is 2. The minimum absolute atomic E-state index is 0. The summed E-state index contributed by atoms with van der Waals surface area (Å²) in [4.78, 5) is 27.9. The van der Waals surface area contributed by atoms with Crippen LogP contribution < -0.4 is 5.32 Å². The van der Waals surface area contributed by atoms with Crippen LogP contribution in [0.4, 0.5) is 0 Å². The Balaban J connectivity index is 0.00000240. The molecule has 1 aromatic carbocycles. The molecule has 2 aliphatic heterocycles. The van der Waals surface area contributed by atoms with Gasteiger partial charge in [0.2, 0.25) is 5.91 Å². The van der Waals surface area contributed by atoms with Crippen molar-refractivity contribution >= 4 is 24.1 Å². The lowest BCUT2D eigenvalue weighted by molar-refractivity contribution is -0.136. The molecule has 0 unspecified atom stereocenters. The fraction of sp³-hybridized carbons (Fsp3) is 0.500. The smallest absolute Gasteiger partial charge is 0.227 e. The average molecular weight is 417 g/mol. The number of carbonyl (C=O) groups is 2. The van der Waals surface area contributed by atoms with Gasteiger partial charge in [0.15, 0.2) is 5.78 Å². The van der Waals surface area contributed by atoms with Crippen molar-refractivity contribution in [3.05, 3.63) is 53.3 Å². The zero-order chi connectivity index (χ0) is 19.7. The Morgan fingerprint density at radius 3 is 2.41 bits per heavy atom. The van der Waals surface area contributed by atoms with Crippen molar-refractivity contribution in [1.82, 2.24) is 20.0 Å². The third-order valence-corrected chi connectivity index (χ3v) is 6.20. The summed E-state index contributed by atoms with van der Waals surface area (Å²) < 4.78 is 1.79. The molecule has 0 spiro atoms. The largest absolute Gasteiger partial charge is 0.342 e. The lowest BCUT2D eigenvalue weighted by atomic mass is 9.86. The Kier molecular flexibility index (Phi) is 6.75. The predicted octanol–water partition coefficient (Wildman–Crippen LogP) is 2.57. The van der Waals surface area contributed by atoms with E-state index in [1.807, 2.05) is 55.5 Å². The number of halogens is 1. The second-order valence-corrected chi connectivity index (χ2v) is 8.15. The fourth-order valence-electron chi connectivity index (χ4n) is 4.47. The summed E-state index contributed by atoms with van der Waals surface area (Å²) >= 11 is 0. The Morgan fingerprint density at radius 1 is 1.10 bits per heavy atom. The summed E-state index contributed by atoms with van der Waals surface area (Å²) in [6, 6.07) is 7.80. The monoisotopic (exact) mass is 416 g/mol. The molecule has 1 amide bonds. The number of Topliss-reactive ketones (excluding diaryl/α,β-unsaturated/α-hetero) is 1. The van der Waals surface area contributed by atoms with Crippen molar-refractivity contribution in [2.75, 3.05) is 26.2 Å². The second-order valence-electron chi connectivity index (χ2n) is 8.15. The van der Waals surface area contributed by atoms with Crippen LogP contribution in [0, 0.1) is 18.8 Å². The molecule has 2 aliphatic rings. The van der Waals surface area contributed by atoms with Gasteiger partial charge < -0.3 is 10.2 Å². The molecule has 0 aliphatic carbocycles. The van der Waals surface area contributed by atoms with Gasteiger partial charge in [0.05, 0.1) is 12.1 Å². The molecule has 0 bridgehead atoms. The summed E-state index contributed by atoms with van der Waals surface area (Å²) in [5.41, 5.74) is 3.06. The van der Waals surface area contributed by atoms with Gasteiger partial charge in [-0.25, -0.2) is 0 Å². The van der Waals surface area contributed by atoms with E-state index in [-0.39, 0.29) is 41.9 Å². The van der Waals surface area contributed by atoms with Crippen molar-refractivity contribution in [2.24, 2.45) is 18.9 Å². The van der Waals surface area contributed by atoms with E-state index >= 15 is 0 Å². The van der Waals surface area contributed by atoms with E-state index in [4.69, 9.17) is 0 Å². The van der Waals surface area contributed by atoms with Crippen molar-refractivity contribution in [2.45, 2.75) is 25.7 Å². The zero-order valence-electron chi connectivity index (χ0n) is 17.0. The van der Waals surface area contributed by atoms with Gasteiger partial charge >= 0.3 is 0 Å². The number of hydrogen-bond acceptors (Lipinski definition) is 4. The van der Waals surface area contributed by atoms with Crippen molar-refractivity contribution in [3.63, 3.8) is 0 Å². The van der Waals surface area contributed by atoms with Crippen LogP contribution in [0.5, 0.6) is 0 Å². The molecule has 0 saturated carbocycles. The molecule has 2 saturated heterocycles. The Labute approximate surface area is 178 Å². The van der Waals surface area contributed by atoms with Crippen LogP contribution in [0.15, 0.2) is 36.7 Å². The maximum atomic E-state index is 13.1. The number of amides is 1. The Morgan fingerprint density at radius 2 is 1.79 bits per heavy atom. The first-order chi connectivity index (χ1) is 13.5. The number of nitrogens with zero attached hydrogens (tertiary/aromatic N) is 3. The SMILES string of the molecule is Cc1ccc(C(=O)C2CCN(C(=O)[C@H]3CNC[C@@H]3c3cnn(C)c3)CC2)cc1.Cl. The van der Waals surface area contributed by atoms with Crippen molar-refractivity contribution in [1.29, 1.82) is 0 Å². The van der Waals surface area contributed by atoms with E-state index in [1.165, 1.54) is 0 Å². The number of benzene rings is 1. The van der Waals surface area contributed by atoms with Crippen LogP contribution in [-0.4, -0.2) is 52.5 Å². The standard InChI is InChI=1S/C22H28N4O2.ClH/c1-15-3-5-16(6-4-15)21(27)17-7-9-26(10-8-17)22(28)20-13-23-12-19(20)18-11-24-25(2)14-18;/h3-6,11,14,17,19-20,23H,7-10,12-13H2,1-2H3;1H/t19-,20+;/m1./s1. The first-order valence-electron chi connectivity index (χ1n) is 10.1. The highest BCUT2D eigenvalue weighted by Gasteiger charge is 2.38. The Hall–Kier alpha value is -2.18. The van der Waals surface area contributed by atoms with Crippen LogP contribution >= 0.6 is 12.4 Å². The number of carbonyl (C=O) groups excluding carboxylic acids is 2. The van der Waals surface area contributed by atoms with Gasteiger partial charge in [0.1, 0.15) is 0 Å². The molecular weight excluding hydrogens is 388 g/mol. The predicted molar refractivity (Wildman–Crippen MR) is 114 cm³/mol. The van der Waals surface area contributed by atoms with Gasteiger partial charge in [-0.2, -0.15) is 5.10 Å². The minimum atomic E-state index is -0.0476. The topological polar surface area (TPSA) is 67.2 Å². The van der Waals surface area contributed by atoms with Gasteiger partial charge in [0.25, 0.3) is 0 Å². The molecule has 3 heterocycles. The maximum Gasteiger partial charge on any atom is 0.227 e. The molecular formula is C22H29ClN4O2. The number of likely N-dealkylation sites (tertiary alicyclic amines) is 1. The van der Waals surface area contributed by atoms with Gasteiger partial charge in [-0.05, 0) is 25.3 Å². The molecule has 2 fully saturated rings. The molecule has 2 atom stereocenters. The number of aryl methyl sites for hydroxylation is 2. The quantitative estimate of drug-likeness (QED) is 0.778. The van der Waals surface area contributed by atoms with E-state index in [1.54, 1.807) is 4.68 Å². The van der Waals surface area contributed by atoms with E-state index in [2.05, 4.69) is 10.4 Å². The maximum absolute atomic E-state index is 13.1. The van der Waals surface area contributed by atoms with Crippen LogP contribution in [0.3, 0.4) is 0 Å². The average Bonchev–Trinajstić information content (AvgIpc) is 3.36. The lowest BCUT2D eigenvalue weighted by Crippen LogP contribution is -2.44. The van der Waals surface area contributed by atoms with Crippen molar-refractivity contribution in [3.8, 4) is 0 Å². The first-order valence-corrected chi connectivity index (χ1v) is 10.1. The summed E-state index contributed by atoms with van der Waals surface area (Å²) in [5, 5.41) is 7.62. The summed E-state index contributed by atoms with van der Waals surface area (Å²) in [6.45, 7) is 4.87. The molecule has 1 N–H and O–H groups in total. The van der Waals surface area contributed by atoms with E-state index < -0.39 is 0 Å². The molecule has 2 aromatic rings. The highest BCUT2D eigenvalue weighted by molar-refractivity contribution is 5.98. The molecule has 0 radical (unpaired) electrons. The number of piperidine rings is 1. The van der Waals surface area contributed by atoms with Gasteiger partial charge in [0, 0.05) is 56.8 Å². The normalized spacial score (nSPS) is 22.3. The summed E-state index contributed by atoms with van der Waals surface area (Å²) in [5.74, 6) is 0.562. The molecule has 7 heteroatoms. The van der Waals surface area contributed by atoms with Crippen LogP contribution in [0.25, 0.3) is 0 Å². The van der Waals surface area contributed by atoms with Crippen LogP contribution in [0.2, 0.25) is 0 Å². The number of hydrogen-bond donors (Lipinski definition) is 1. The van der Waals surface area contributed by atoms with Crippen molar-refractivity contribution < 1.29 is 9.59 Å². The van der Waals surface area contributed by atoms with Gasteiger partial charge in [-0.3, -0.25) is 14.3 Å². The van der Waals surface area contributed by atoms with Gasteiger partial charge in [-0.15, -0.1) is 12.4 Å². The zero-order valence-corrected chi connectivity index (χ0v) is 17.8. The number of ketones is 1. The highest BCUT2D eigenvalue weighted by atomic mass is 35.5. The van der Waals surface area contributed by atoms with E-state index in [0.717, 1.165) is 36.1 Å². The third kappa shape index (κ3) is 4.54. The van der Waals surface area contributed by atoms with Crippen LogP contribution in [0.1, 0.15) is 40.2 Å². The third-order valence-electron chi connectivity index (χ3n) is 6.20. The minimum Gasteiger partial charge on any atom is -0.342 e. The second kappa shape index (κ2) is 9.09.